The number of rotatable bonds is 7. The summed E-state index contributed by atoms with van der Waals surface area (Å²) in [4.78, 5) is 8.89. The van der Waals surface area contributed by atoms with Gasteiger partial charge in [0.2, 0.25) is 5.95 Å². The molecule has 0 bridgehead atoms. The molecule has 0 aliphatic heterocycles. The molecular formula is C16H22N4O. The van der Waals surface area contributed by atoms with Crippen molar-refractivity contribution in [1.82, 2.24) is 9.97 Å². The van der Waals surface area contributed by atoms with Crippen molar-refractivity contribution in [2.24, 2.45) is 0 Å². The Morgan fingerprint density at radius 3 is 2.71 bits per heavy atom. The van der Waals surface area contributed by atoms with Crippen LogP contribution in [0.1, 0.15) is 17.7 Å². The van der Waals surface area contributed by atoms with Gasteiger partial charge in [0.05, 0.1) is 0 Å². The first-order chi connectivity index (χ1) is 10.2. The molecule has 0 fully saturated rings. The van der Waals surface area contributed by atoms with Crippen LogP contribution in [0, 0.1) is 13.8 Å². The quantitative estimate of drug-likeness (QED) is 0.765. The van der Waals surface area contributed by atoms with E-state index in [1.807, 2.05) is 31.2 Å². The number of nitrogens with one attached hydrogen (secondary N) is 2. The van der Waals surface area contributed by atoms with Gasteiger partial charge in [0, 0.05) is 37.7 Å². The zero-order valence-corrected chi connectivity index (χ0v) is 12.8. The van der Waals surface area contributed by atoms with Gasteiger partial charge >= 0.3 is 0 Å². The molecule has 2 N–H and O–H groups in total. The first kappa shape index (κ1) is 15.3. The lowest BCUT2D eigenvalue weighted by molar-refractivity contribution is 0.197. The van der Waals surface area contributed by atoms with Crippen molar-refractivity contribution >= 4 is 17.5 Å². The lowest BCUT2D eigenvalue weighted by Gasteiger charge is -2.11. The Morgan fingerprint density at radius 2 is 1.95 bits per heavy atom. The Kier molecular flexibility index (Phi) is 5.51. The topological polar surface area (TPSA) is 59.1 Å². The molecular weight excluding hydrogens is 264 g/mol. The highest BCUT2D eigenvalue weighted by Crippen LogP contribution is 2.19. The molecule has 0 spiro atoms. The summed E-state index contributed by atoms with van der Waals surface area (Å²) in [7, 11) is 1.70. The van der Waals surface area contributed by atoms with Crippen LogP contribution >= 0.6 is 0 Å². The number of anilines is 3. The molecule has 1 aromatic carbocycles. The molecule has 0 aliphatic rings. The molecule has 0 radical (unpaired) electrons. The standard InChI is InChI=1S/C16H22N4O/c1-12-7-4-5-8-14(12)19-15-11-13(2)18-16(20-15)17-9-6-10-21-3/h4-5,7-8,11H,6,9-10H2,1-3H3,(H2,17,18,19,20). The molecule has 21 heavy (non-hydrogen) atoms. The largest absolute Gasteiger partial charge is 0.385 e. The van der Waals surface area contributed by atoms with Crippen LogP contribution in [0.25, 0.3) is 0 Å². The van der Waals surface area contributed by atoms with E-state index in [4.69, 9.17) is 4.74 Å². The first-order valence-electron chi connectivity index (χ1n) is 7.10. The lowest BCUT2D eigenvalue weighted by Crippen LogP contribution is -2.09. The summed E-state index contributed by atoms with van der Waals surface area (Å²) in [6.07, 6.45) is 0.925. The third-order valence-electron chi connectivity index (χ3n) is 3.07. The highest BCUT2D eigenvalue weighted by atomic mass is 16.5. The third kappa shape index (κ3) is 4.72. The zero-order valence-electron chi connectivity index (χ0n) is 12.8. The molecule has 2 aromatic rings. The zero-order chi connectivity index (χ0) is 15.1. The Labute approximate surface area is 125 Å². The monoisotopic (exact) mass is 286 g/mol. The Balaban J connectivity index is 2.06. The maximum atomic E-state index is 5.03. The number of hydrogen-bond acceptors (Lipinski definition) is 5. The van der Waals surface area contributed by atoms with Crippen LogP contribution in [0.5, 0.6) is 0 Å². The van der Waals surface area contributed by atoms with E-state index in [1.165, 1.54) is 5.56 Å². The third-order valence-corrected chi connectivity index (χ3v) is 3.07. The SMILES string of the molecule is COCCCNc1nc(C)cc(Nc2ccccc2C)n1. The minimum atomic E-state index is 0.641. The molecule has 1 heterocycles. The number of hydrogen-bond donors (Lipinski definition) is 2. The van der Waals surface area contributed by atoms with Gasteiger partial charge in [-0.25, -0.2) is 4.98 Å². The van der Waals surface area contributed by atoms with Crippen LogP contribution in [0.15, 0.2) is 30.3 Å². The van der Waals surface area contributed by atoms with Gasteiger partial charge in [-0.05, 0) is 31.9 Å². The summed E-state index contributed by atoms with van der Waals surface area (Å²) in [6, 6.07) is 10.1. The van der Waals surface area contributed by atoms with Crippen molar-refractivity contribution in [2.45, 2.75) is 20.3 Å². The second-order valence-corrected chi connectivity index (χ2v) is 4.93. The maximum absolute atomic E-state index is 5.03. The van der Waals surface area contributed by atoms with Gasteiger partial charge in [-0.15, -0.1) is 0 Å². The summed E-state index contributed by atoms with van der Waals surface area (Å²) in [6.45, 7) is 5.56. The van der Waals surface area contributed by atoms with Crippen LogP contribution < -0.4 is 10.6 Å². The molecule has 5 heteroatoms. The van der Waals surface area contributed by atoms with Crippen LogP contribution in [0.3, 0.4) is 0 Å². The number of aromatic nitrogens is 2. The molecule has 0 saturated carbocycles. The minimum absolute atomic E-state index is 0.641. The number of aryl methyl sites for hydroxylation is 2. The summed E-state index contributed by atoms with van der Waals surface area (Å²) in [5.74, 6) is 1.44. The molecule has 0 unspecified atom stereocenters. The molecule has 0 saturated heterocycles. The fraction of sp³-hybridized carbons (Fsp3) is 0.375. The molecule has 112 valence electrons. The number of nitrogens with zero attached hydrogens (tertiary/aromatic N) is 2. The van der Waals surface area contributed by atoms with Gasteiger partial charge in [0.15, 0.2) is 0 Å². The van der Waals surface area contributed by atoms with Crippen LogP contribution in [0.2, 0.25) is 0 Å². The molecule has 0 aliphatic carbocycles. The number of methoxy groups -OCH3 is 1. The fourth-order valence-corrected chi connectivity index (χ4v) is 1.98. The molecule has 1 aromatic heterocycles. The first-order valence-corrected chi connectivity index (χ1v) is 7.10. The van der Waals surface area contributed by atoms with Crippen LogP contribution in [0.4, 0.5) is 17.5 Å². The van der Waals surface area contributed by atoms with E-state index in [0.717, 1.165) is 36.8 Å². The molecule has 0 atom stereocenters. The predicted octanol–water partition coefficient (Wildman–Crippen LogP) is 3.29. The summed E-state index contributed by atoms with van der Waals surface area (Å²) in [5.41, 5.74) is 3.17. The van der Waals surface area contributed by atoms with Crippen molar-refractivity contribution in [2.75, 3.05) is 30.9 Å². The second-order valence-electron chi connectivity index (χ2n) is 4.93. The van der Waals surface area contributed by atoms with E-state index in [9.17, 15) is 0 Å². The summed E-state index contributed by atoms with van der Waals surface area (Å²) in [5, 5.41) is 6.56. The average Bonchev–Trinajstić information content (AvgIpc) is 2.46. The Morgan fingerprint density at radius 1 is 1.14 bits per heavy atom. The molecule has 2 rings (SSSR count). The fourth-order valence-electron chi connectivity index (χ4n) is 1.98. The molecule has 0 amide bonds. The van der Waals surface area contributed by atoms with Gasteiger partial charge < -0.3 is 15.4 Å². The van der Waals surface area contributed by atoms with Gasteiger partial charge in [-0.1, -0.05) is 18.2 Å². The van der Waals surface area contributed by atoms with Crippen LogP contribution in [-0.4, -0.2) is 30.2 Å². The highest BCUT2D eigenvalue weighted by molar-refractivity contribution is 5.61. The van der Waals surface area contributed by atoms with Crippen molar-refractivity contribution in [3.63, 3.8) is 0 Å². The van der Waals surface area contributed by atoms with Crippen molar-refractivity contribution < 1.29 is 4.74 Å². The Hall–Kier alpha value is -2.14. The highest BCUT2D eigenvalue weighted by Gasteiger charge is 2.04. The van der Waals surface area contributed by atoms with Gasteiger partial charge in [0.1, 0.15) is 5.82 Å². The van der Waals surface area contributed by atoms with E-state index in [-0.39, 0.29) is 0 Å². The van der Waals surface area contributed by atoms with E-state index in [0.29, 0.717) is 5.95 Å². The summed E-state index contributed by atoms with van der Waals surface area (Å²) >= 11 is 0. The lowest BCUT2D eigenvalue weighted by atomic mass is 10.2. The maximum Gasteiger partial charge on any atom is 0.224 e. The van der Waals surface area contributed by atoms with Gasteiger partial charge in [-0.2, -0.15) is 4.98 Å². The van der Waals surface area contributed by atoms with E-state index < -0.39 is 0 Å². The summed E-state index contributed by atoms with van der Waals surface area (Å²) < 4.78 is 5.03. The Bertz CT molecular complexity index is 586. The predicted molar refractivity (Wildman–Crippen MR) is 86.2 cm³/mol. The van der Waals surface area contributed by atoms with Gasteiger partial charge in [-0.3, -0.25) is 0 Å². The average molecular weight is 286 g/mol. The van der Waals surface area contributed by atoms with E-state index in [2.05, 4.69) is 33.6 Å². The minimum Gasteiger partial charge on any atom is -0.385 e. The van der Waals surface area contributed by atoms with Gasteiger partial charge in [0.25, 0.3) is 0 Å². The normalized spacial score (nSPS) is 10.4. The number of para-hydroxylation sites is 1. The second kappa shape index (κ2) is 7.59. The van der Waals surface area contributed by atoms with Crippen LogP contribution in [-0.2, 0) is 4.74 Å². The smallest absolute Gasteiger partial charge is 0.224 e. The van der Waals surface area contributed by atoms with Crippen molar-refractivity contribution in [3.8, 4) is 0 Å². The van der Waals surface area contributed by atoms with E-state index >= 15 is 0 Å². The number of ether oxygens (including phenoxy) is 1. The van der Waals surface area contributed by atoms with Crippen molar-refractivity contribution in [3.05, 3.63) is 41.6 Å². The molecule has 5 nitrogen and oxygen atoms in total. The van der Waals surface area contributed by atoms with E-state index in [1.54, 1.807) is 7.11 Å². The number of benzene rings is 1. The van der Waals surface area contributed by atoms with Crippen molar-refractivity contribution in [1.29, 1.82) is 0 Å².